The fourth-order valence-corrected chi connectivity index (χ4v) is 3.37. The summed E-state index contributed by atoms with van der Waals surface area (Å²) in [6, 6.07) is 10.9. The molecule has 0 aliphatic carbocycles. The highest BCUT2D eigenvalue weighted by atomic mass is 19.1. The molecule has 1 aliphatic rings. The Morgan fingerprint density at radius 1 is 1.04 bits per heavy atom. The summed E-state index contributed by atoms with van der Waals surface area (Å²) >= 11 is 0. The van der Waals surface area contributed by atoms with Crippen molar-refractivity contribution in [1.82, 2.24) is 9.38 Å². The molecule has 0 unspecified atom stereocenters. The monoisotopic (exact) mass is 321 g/mol. The molecule has 2 aromatic heterocycles. The van der Waals surface area contributed by atoms with Crippen molar-refractivity contribution in [2.24, 2.45) is 4.99 Å². The van der Waals surface area contributed by atoms with E-state index in [4.69, 9.17) is 4.99 Å². The molecule has 0 spiro atoms. The third-order valence-corrected chi connectivity index (χ3v) is 5.49. The van der Waals surface area contributed by atoms with E-state index in [-0.39, 0.29) is 16.8 Å². The van der Waals surface area contributed by atoms with Gasteiger partial charge in [-0.05, 0) is 43.7 Å². The molecule has 3 aromatic rings. The van der Waals surface area contributed by atoms with Crippen LogP contribution in [0.4, 0.5) is 4.39 Å². The highest BCUT2D eigenvalue weighted by molar-refractivity contribution is 6.14. The maximum Gasteiger partial charge on any atom is 0.137 e. The van der Waals surface area contributed by atoms with E-state index in [0.717, 1.165) is 28.2 Å². The van der Waals surface area contributed by atoms with Crippen molar-refractivity contribution in [3.63, 3.8) is 0 Å². The standard InChI is InChI=1S/C20H20FN3/c1-19(2)15-9-8-13(21)11-14(15)18(23-20(19,3)4)16-12-22-17-7-5-6-10-24(16)17/h5-12H,1-4H3. The second-order valence-electron chi connectivity index (χ2n) is 7.41. The topological polar surface area (TPSA) is 29.7 Å². The first kappa shape index (κ1) is 15.1. The van der Waals surface area contributed by atoms with Crippen LogP contribution in [0.15, 0.2) is 53.8 Å². The number of benzene rings is 1. The molecule has 0 bridgehead atoms. The molecule has 0 amide bonds. The van der Waals surface area contributed by atoms with E-state index in [9.17, 15) is 4.39 Å². The van der Waals surface area contributed by atoms with Crippen molar-refractivity contribution in [1.29, 1.82) is 0 Å². The Morgan fingerprint density at radius 3 is 2.62 bits per heavy atom. The number of imidazole rings is 1. The van der Waals surface area contributed by atoms with Gasteiger partial charge in [0.05, 0.1) is 23.1 Å². The van der Waals surface area contributed by atoms with E-state index in [1.165, 1.54) is 6.07 Å². The van der Waals surface area contributed by atoms with E-state index in [2.05, 4.69) is 32.7 Å². The Labute approximate surface area is 140 Å². The number of aliphatic imine (C=N–C) groups is 1. The van der Waals surface area contributed by atoms with Crippen LogP contribution in [0.3, 0.4) is 0 Å². The van der Waals surface area contributed by atoms with Gasteiger partial charge in [-0.25, -0.2) is 9.37 Å². The lowest BCUT2D eigenvalue weighted by Crippen LogP contribution is -2.46. The fraction of sp³-hybridized carbons (Fsp3) is 0.300. The lowest BCUT2D eigenvalue weighted by Gasteiger charge is -2.44. The van der Waals surface area contributed by atoms with E-state index in [0.29, 0.717) is 0 Å². The van der Waals surface area contributed by atoms with Gasteiger partial charge in [-0.3, -0.25) is 9.39 Å². The lowest BCUT2D eigenvalue weighted by molar-refractivity contribution is 0.303. The normalized spacial score (nSPS) is 18.3. The van der Waals surface area contributed by atoms with Crippen molar-refractivity contribution < 1.29 is 4.39 Å². The predicted molar refractivity (Wildman–Crippen MR) is 94.3 cm³/mol. The number of hydrogen-bond donors (Lipinski definition) is 0. The van der Waals surface area contributed by atoms with Crippen LogP contribution in [0, 0.1) is 5.82 Å². The molecule has 1 aliphatic heterocycles. The van der Waals surface area contributed by atoms with Gasteiger partial charge < -0.3 is 0 Å². The average molecular weight is 321 g/mol. The van der Waals surface area contributed by atoms with E-state index >= 15 is 0 Å². The zero-order chi connectivity index (χ0) is 17.1. The highest BCUT2D eigenvalue weighted by Crippen LogP contribution is 2.44. The van der Waals surface area contributed by atoms with Crippen LogP contribution in [-0.4, -0.2) is 20.6 Å². The molecule has 0 fully saturated rings. The van der Waals surface area contributed by atoms with Crippen LogP contribution in [-0.2, 0) is 5.41 Å². The smallest absolute Gasteiger partial charge is 0.137 e. The first-order valence-corrected chi connectivity index (χ1v) is 8.14. The molecule has 1 aromatic carbocycles. The van der Waals surface area contributed by atoms with Crippen molar-refractivity contribution in [3.05, 3.63) is 71.4 Å². The number of aromatic nitrogens is 2. The van der Waals surface area contributed by atoms with Gasteiger partial charge >= 0.3 is 0 Å². The van der Waals surface area contributed by atoms with Gasteiger partial charge in [0.15, 0.2) is 0 Å². The molecule has 24 heavy (non-hydrogen) atoms. The van der Waals surface area contributed by atoms with E-state index < -0.39 is 0 Å². The molecule has 0 radical (unpaired) electrons. The molecule has 0 saturated heterocycles. The number of pyridine rings is 1. The quantitative estimate of drug-likeness (QED) is 0.654. The minimum atomic E-state index is -0.313. The molecule has 4 heteroatoms. The summed E-state index contributed by atoms with van der Waals surface area (Å²) in [5, 5.41) is 0. The van der Waals surface area contributed by atoms with Gasteiger partial charge in [-0.2, -0.15) is 0 Å². The summed E-state index contributed by atoms with van der Waals surface area (Å²) in [4.78, 5) is 9.49. The molecular weight excluding hydrogens is 301 g/mol. The van der Waals surface area contributed by atoms with Crippen molar-refractivity contribution in [3.8, 4) is 0 Å². The van der Waals surface area contributed by atoms with Crippen LogP contribution in [0.25, 0.3) is 5.65 Å². The Kier molecular flexibility index (Phi) is 2.99. The van der Waals surface area contributed by atoms with Gasteiger partial charge in [0.1, 0.15) is 11.5 Å². The number of hydrogen-bond acceptors (Lipinski definition) is 2. The third kappa shape index (κ3) is 1.95. The maximum absolute atomic E-state index is 14.0. The number of rotatable bonds is 1. The fourth-order valence-electron chi connectivity index (χ4n) is 3.37. The van der Waals surface area contributed by atoms with Crippen LogP contribution in [0.1, 0.15) is 44.5 Å². The zero-order valence-corrected chi connectivity index (χ0v) is 14.3. The summed E-state index contributed by atoms with van der Waals surface area (Å²) in [6.45, 7) is 8.59. The third-order valence-electron chi connectivity index (χ3n) is 5.49. The number of fused-ring (bicyclic) bond motifs is 2. The second kappa shape index (κ2) is 4.76. The summed E-state index contributed by atoms with van der Waals surface area (Å²) in [6.07, 6.45) is 3.78. The molecule has 0 atom stereocenters. The molecule has 3 nitrogen and oxygen atoms in total. The molecule has 4 rings (SSSR count). The molecule has 0 N–H and O–H groups in total. The van der Waals surface area contributed by atoms with Gasteiger partial charge in [-0.1, -0.05) is 26.0 Å². The Hall–Kier alpha value is -2.49. The number of nitrogens with zero attached hydrogens (tertiary/aromatic N) is 3. The summed E-state index contributed by atoms with van der Waals surface area (Å²) in [5.74, 6) is -0.245. The van der Waals surface area contributed by atoms with Crippen LogP contribution >= 0.6 is 0 Å². The predicted octanol–water partition coefficient (Wildman–Crippen LogP) is 4.38. The van der Waals surface area contributed by atoms with Gasteiger partial charge in [0.2, 0.25) is 0 Å². The Morgan fingerprint density at radius 2 is 1.83 bits per heavy atom. The van der Waals surface area contributed by atoms with Crippen LogP contribution in [0.5, 0.6) is 0 Å². The second-order valence-corrected chi connectivity index (χ2v) is 7.41. The number of halogens is 1. The van der Waals surface area contributed by atoms with Crippen molar-refractivity contribution >= 4 is 11.4 Å². The van der Waals surface area contributed by atoms with Gasteiger partial charge in [0.25, 0.3) is 0 Å². The van der Waals surface area contributed by atoms with Gasteiger partial charge in [-0.15, -0.1) is 0 Å². The zero-order valence-electron chi connectivity index (χ0n) is 14.3. The molecule has 3 heterocycles. The maximum atomic E-state index is 14.0. The van der Waals surface area contributed by atoms with Crippen molar-refractivity contribution in [2.45, 2.75) is 38.6 Å². The van der Waals surface area contributed by atoms with E-state index in [1.807, 2.05) is 41.1 Å². The molecular formula is C20H20FN3. The Balaban J connectivity index is 2.05. The first-order chi connectivity index (χ1) is 11.3. The largest absolute Gasteiger partial charge is 0.298 e. The minimum absolute atomic E-state index is 0.194. The molecule has 0 saturated carbocycles. The Bertz CT molecular complexity index is 979. The summed E-state index contributed by atoms with van der Waals surface area (Å²) in [5.41, 5.74) is 4.01. The molecule has 122 valence electrons. The lowest BCUT2D eigenvalue weighted by atomic mass is 9.66. The highest BCUT2D eigenvalue weighted by Gasteiger charge is 2.44. The average Bonchev–Trinajstić information content (AvgIpc) is 2.95. The SMILES string of the molecule is CC1(C)N=C(c2cnc3ccccn23)c2cc(F)ccc2C1(C)C. The van der Waals surface area contributed by atoms with Gasteiger partial charge in [0, 0.05) is 17.2 Å². The first-order valence-electron chi connectivity index (χ1n) is 8.14. The van der Waals surface area contributed by atoms with Crippen LogP contribution < -0.4 is 0 Å². The van der Waals surface area contributed by atoms with Crippen LogP contribution in [0.2, 0.25) is 0 Å². The minimum Gasteiger partial charge on any atom is -0.298 e. The summed E-state index contributed by atoms with van der Waals surface area (Å²) < 4.78 is 16.0. The summed E-state index contributed by atoms with van der Waals surface area (Å²) in [7, 11) is 0. The van der Waals surface area contributed by atoms with Crippen molar-refractivity contribution in [2.75, 3.05) is 0 Å². The van der Waals surface area contributed by atoms with E-state index in [1.54, 1.807) is 6.07 Å².